The topological polar surface area (TPSA) is 35.5 Å². The Morgan fingerprint density at radius 3 is 2.81 bits per heavy atom. The SMILES string of the molecule is CCCN(Cc1cccc(O)c1)C1CNC1. The van der Waals surface area contributed by atoms with Crippen LogP contribution in [-0.2, 0) is 6.54 Å². The van der Waals surface area contributed by atoms with Crippen LogP contribution in [0.4, 0.5) is 0 Å². The van der Waals surface area contributed by atoms with Crippen LogP contribution in [0.1, 0.15) is 18.9 Å². The summed E-state index contributed by atoms with van der Waals surface area (Å²) in [6.07, 6.45) is 1.18. The Balaban J connectivity index is 1.98. The molecular weight excluding hydrogens is 200 g/mol. The molecule has 0 amide bonds. The summed E-state index contributed by atoms with van der Waals surface area (Å²) in [5, 5.41) is 12.7. The highest BCUT2D eigenvalue weighted by atomic mass is 16.3. The van der Waals surface area contributed by atoms with Crippen molar-refractivity contribution < 1.29 is 5.11 Å². The average Bonchev–Trinajstić information content (AvgIpc) is 2.15. The third-order valence-corrected chi connectivity index (χ3v) is 3.08. The lowest BCUT2D eigenvalue weighted by molar-refractivity contribution is 0.137. The van der Waals surface area contributed by atoms with Gasteiger partial charge in [0, 0.05) is 25.7 Å². The van der Waals surface area contributed by atoms with Crippen molar-refractivity contribution in [1.29, 1.82) is 0 Å². The Morgan fingerprint density at radius 2 is 2.25 bits per heavy atom. The summed E-state index contributed by atoms with van der Waals surface area (Å²) >= 11 is 0. The number of rotatable bonds is 5. The number of phenolic OH excluding ortho intramolecular Hbond substituents is 1. The molecule has 0 aliphatic carbocycles. The van der Waals surface area contributed by atoms with Gasteiger partial charge in [-0.05, 0) is 30.7 Å². The van der Waals surface area contributed by atoms with Crippen LogP contribution in [0.3, 0.4) is 0 Å². The maximum Gasteiger partial charge on any atom is 0.115 e. The largest absolute Gasteiger partial charge is 0.508 e. The smallest absolute Gasteiger partial charge is 0.115 e. The van der Waals surface area contributed by atoms with Gasteiger partial charge in [-0.1, -0.05) is 19.1 Å². The van der Waals surface area contributed by atoms with Crippen LogP contribution >= 0.6 is 0 Å². The van der Waals surface area contributed by atoms with E-state index in [1.165, 1.54) is 12.0 Å². The molecule has 0 unspecified atom stereocenters. The molecule has 88 valence electrons. The van der Waals surface area contributed by atoms with Gasteiger partial charge in [0.2, 0.25) is 0 Å². The van der Waals surface area contributed by atoms with E-state index in [4.69, 9.17) is 0 Å². The van der Waals surface area contributed by atoms with Crippen LogP contribution in [0.25, 0.3) is 0 Å². The minimum atomic E-state index is 0.362. The van der Waals surface area contributed by atoms with Crippen LogP contribution in [0.15, 0.2) is 24.3 Å². The van der Waals surface area contributed by atoms with Gasteiger partial charge in [0.1, 0.15) is 5.75 Å². The van der Waals surface area contributed by atoms with Gasteiger partial charge in [0.25, 0.3) is 0 Å². The molecule has 0 atom stereocenters. The minimum absolute atomic E-state index is 0.362. The maximum atomic E-state index is 9.43. The van der Waals surface area contributed by atoms with Gasteiger partial charge in [-0.15, -0.1) is 0 Å². The first kappa shape index (κ1) is 11.4. The van der Waals surface area contributed by atoms with Gasteiger partial charge in [0.15, 0.2) is 0 Å². The Bertz CT molecular complexity index is 336. The Labute approximate surface area is 97.1 Å². The number of aromatic hydroxyl groups is 1. The van der Waals surface area contributed by atoms with Crippen molar-refractivity contribution in [2.75, 3.05) is 19.6 Å². The number of hydrogen-bond acceptors (Lipinski definition) is 3. The van der Waals surface area contributed by atoms with Crippen LogP contribution in [0, 0.1) is 0 Å². The third kappa shape index (κ3) is 2.74. The lowest BCUT2D eigenvalue weighted by atomic mass is 10.1. The molecule has 1 fully saturated rings. The monoisotopic (exact) mass is 220 g/mol. The van der Waals surface area contributed by atoms with Crippen molar-refractivity contribution in [3.8, 4) is 5.75 Å². The molecule has 16 heavy (non-hydrogen) atoms. The summed E-state index contributed by atoms with van der Waals surface area (Å²) in [5.74, 6) is 0.362. The molecule has 1 aliphatic heterocycles. The predicted octanol–water partition coefficient (Wildman–Crippen LogP) is 1.58. The highest BCUT2D eigenvalue weighted by molar-refractivity contribution is 5.27. The summed E-state index contributed by atoms with van der Waals surface area (Å²) in [6.45, 7) is 6.47. The molecule has 0 aromatic heterocycles. The van der Waals surface area contributed by atoms with Crippen molar-refractivity contribution in [2.24, 2.45) is 0 Å². The van der Waals surface area contributed by atoms with Crippen molar-refractivity contribution in [3.05, 3.63) is 29.8 Å². The van der Waals surface area contributed by atoms with Crippen molar-refractivity contribution in [3.63, 3.8) is 0 Å². The zero-order chi connectivity index (χ0) is 11.4. The van der Waals surface area contributed by atoms with Crippen LogP contribution < -0.4 is 5.32 Å². The zero-order valence-corrected chi connectivity index (χ0v) is 9.82. The average molecular weight is 220 g/mol. The number of hydrogen-bond donors (Lipinski definition) is 2. The van der Waals surface area contributed by atoms with E-state index in [1.54, 1.807) is 6.07 Å². The Hall–Kier alpha value is -1.06. The quantitative estimate of drug-likeness (QED) is 0.791. The van der Waals surface area contributed by atoms with Gasteiger partial charge < -0.3 is 10.4 Å². The van der Waals surface area contributed by atoms with Crippen LogP contribution in [-0.4, -0.2) is 35.7 Å². The van der Waals surface area contributed by atoms with Crippen molar-refractivity contribution >= 4 is 0 Å². The summed E-state index contributed by atoms with van der Waals surface area (Å²) in [6, 6.07) is 8.23. The lowest BCUT2D eigenvalue weighted by Crippen LogP contribution is -2.56. The molecule has 1 aromatic rings. The molecular formula is C13H20N2O. The predicted molar refractivity (Wildman–Crippen MR) is 65.5 cm³/mol. The maximum absolute atomic E-state index is 9.43. The normalized spacial score (nSPS) is 16.4. The van der Waals surface area contributed by atoms with E-state index >= 15 is 0 Å². The molecule has 0 bridgehead atoms. The van der Waals surface area contributed by atoms with Gasteiger partial charge in [-0.2, -0.15) is 0 Å². The first-order valence-corrected chi connectivity index (χ1v) is 6.02. The lowest BCUT2D eigenvalue weighted by Gasteiger charge is -2.38. The molecule has 2 N–H and O–H groups in total. The van der Waals surface area contributed by atoms with E-state index in [9.17, 15) is 5.11 Å². The van der Waals surface area contributed by atoms with E-state index in [0.29, 0.717) is 11.8 Å². The fourth-order valence-electron chi connectivity index (χ4n) is 2.10. The van der Waals surface area contributed by atoms with E-state index in [0.717, 1.165) is 26.2 Å². The molecule has 3 nitrogen and oxygen atoms in total. The number of nitrogens with zero attached hydrogens (tertiary/aromatic N) is 1. The molecule has 0 saturated carbocycles. The number of nitrogens with one attached hydrogen (secondary N) is 1. The van der Waals surface area contributed by atoms with E-state index in [2.05, 4.69) is 23.2 Å². The molecule has 1 heterocycles. The first-order valence-electron chi connectivity index (χ1n) is 6.02. The van der Waals surface area contributed by atoms with Crippen LogP contribution in [0.5, 0.6) is 5.75 Å². The zero-order valence-electron chi connectivity index (χ0n) is 9.82. The molecule has 1 aromatic carbocycles. The highest BCUT2D eigenvalue weighted by Crippen LogP contribution is 2.16. The third-order valence-electron chi connectivity index (χ3n) is 3.08. The number of benzene rings is 1. The van der Waals surface area contributed by atoms with Gasteiger partial charge >= 0.3 is 0 Å². The summed E-state index contributed by atoms with van der Waals surface area (Å²) < 4.78 is 0. The molecule has 0 radical (unpaired) electrons. The van der Waals surface area contributed by atoms with Crippen molar-refractivity contribution in [1.82, 2.24) is 10.2 Å². The standard InChI is InChI=1S/C13H20N2O/c1-2-6-15(12-8-14-9-12)10-11-4-3-5-13(16)7-11/h3-5,7,12,14,16H,2,6,8-10H2,1H3. The second-order valence-corrected chi connectivity index (χ2v) is 4.45. The van der Waals surface area contributed by atoms with Crippen LogP contribution in [0.2, 0.25) is 0 Å². The Morgan fingerprint density at radius 1 is 1.44 bits per heavy atom. The highest BCUT2D eigenvalue weighted by Gasteiger charge is 2.23. The Kier molecular flexibility index (Phi) is 3.80. The van der Waals surface area contributed by atoms with Crippen molar-refractivity contribution in [2.45, 2.75) is 25.9 Å². The van der Waals surface area contributed by atoms with E-state index < -0.39 is 0 Å². The molecule has 1 aliphatic rings. The first-order chi connectivity index (χ1) is 7.79. The molecule has 0 spiro atoms. The molecule has 3 heteroatoms. The fraction of sp³-hybridized carbons (Fsp3) is 0.538. The second-order valence-electron chi connectivity index (χ2n) is 4.45. The fourth-order valence-corrected chi connectivity index (χ4v) is 2.10. The van der Waals surface area contributed by atoms with Gasteiger partial charge in [-0.3, -0.25) is 4.90 Å². The molecule has 1 saturated heterocycles. The number of phenols is 1. The van der Waals surface area contributed by atoms with E-state index in [-0.39, 0.29) is 0 Å². The second kappa shape index (κ2) is 5.32. The summed E-state index contributed by atoms with van der Waals surface area (Å²) in [7, 11) is 0. The molecule has 2 rings (SSSR count). The summed E-state index contributed by atoms with van der Waals surface area (Å²) in [5.41, 5.74) is 1.19. The summed E-state index contributed by atoms with van der Waals surface area (Å²) in [4.78, 5) is 2.49. The van der Waals surface area contributed by atoms with Gasteiger partial charge in [-0.25, -0.2) is 0 Å². The minimum Gasteiger partial charge on any atom is -0.508 e. The van der Waals surface area contributed by atoms with E-state index in [1.807, 2.05) is 12.1 Å². The van der Waals surface area contributed by atoms with Gasteiger partial charge in [0.05, 0.1) is 0 Å².